The zero-order valence-corrected chi connectivity index (χ0v) is 11.9. The van der Waals surface area contributed by atoms with Gasteiger partial charge < -0.3 is 0 Å². The second kappa shape index (κ2) is 6.86. The molecule has 0 spiro atoms. The molecule has 0 unspecified atom stereocenters. The maximum atomic E-state index is 11.8. The van der Waals surface area contributed by atoms with Crippen molar-refractivity contribution < 1.29 is 4.79 Å². The Hall–Kier alpha value is -1.93. The van der Waals surface area contributed by atoms with Crippen LogP contribution in [0.5, 0.6) is 0 Å². The van der Waals surface area contributed by atoms with Gasteiger partial charge >= 0.3 is 0 Å². The quantitative estimate of drug-likeness (QED) is 0.446. The van der Waals surface area contributed by atoms with Crippen LogP contribution >= 0.6 is 15.9 Å². The fourth-order valence-electron chi connectivity index (χ4n) is 1.58. The van der Waals surface area contributed by atoms with E-state index in [-0.39, 0.29) is 5.78 Å². The standard InChI is InChI=1S/C17H13BrO/c18-16-12-10-15(11-13-16)17(19)9-5-4-8-14-6-2-1-3-7-14/h1-13H. The van der Waals surface area contributed by atoms with Gasteiger partial charge in [0.1, 0.15) is 0 Å². The van der Waals surface area contributed by atoms with Gasteiger partial charge in [-0.25, -0.2) is 0 Å². The molecule has 0 aromatic heterocycles. The van der Waals surface area contributed by atoms with E-state index in [1.807, 2.05) is 54.6 Å². The van der Waals surface area contributed by atoms with E-state index in [2.05, 4.69) is 15.9 Å². The lowest BCUT2D eigenvalue weighted by Gasteiger charge is -1.95. The molecular formula is C17H13BrO. The zero-order chi connectivity index (χ0) is 13.5. The maximum Gasteiger partial charge on any atom is 0.185 e. The summed E-state index contributed by atoms with van der Waals surface area (Å²) in [6, 6.07) is 17.3. The van der Waals surface area contributed by atoms with Crippen molar-refractivity contribution in [1.29, 1.82) is 0 Å². The first-order valence-electron chi connectivity index (χ1n) is 5.95. The smallest absolute Gasteiger partial charge is 0.185 e. The Morgan fingerprint density at radius 2 is 1.58 bits per heavy atom. The number of hydrogen-bond acceptors (Lipinski definition) is 1. The molecule has 2 rings (SSSR count). The van der Waals surface area contributed by atoms with E-state index >= 15 is 0 Å². The van der Waals surface area contributed by atoms with Crippen LogP contribution in [-0.4, -0.2) is 5.78 Å². The number of rotatable bonds is 4. The summed E-state index contributed by atoms with van der Waals surface area (Å²) >= 11 is 3.34. The normalized spacial score (nSPS) is 11.2. The highest BCUT2D eigenvalue weighted by atomic mass is 79.9. The first-order chi connectivity index (χ1) is 9.25. The van der Waals surface area contributed by atoms with Gasteiger partial charge in [-0.2, -0.15) is 0 Å². The van der Waals surface area contributed by atoms with Crippen LogP contribution in [0.2, 0.25) is 0 Å². The fraction of sp³-hybridized carbons (Fsp3) is 0. The van der Waals surface area contributed by atoms with Crippen LogP contribution in [0.25, 0.3) is 6.08 Å². The SMILES string of the molecule is O=C(C=CC=Cc1ccccc1)c1ccc(Br)cc1. The van der Waals surface area contributed by atoms with Crippen LogP contribution < -0.4 is 0 Å². The van der Waals surface area contributed by atoms with Crippen LogP contribution in [-0.2, 0) is 0 Å². The summed E-state index contributed by atoms with van der Waals surface area (Å²) in [6.07, 6.45) is 7.16. The van der Waals surface area contributed by atoms with Gasteiger partial charge in [0.05, 0.1) is 0 Å². The molecule has 2 heteroatoms. The van der Waals surface area contributed by atoms with E-state index in [0.29, 0.717) is 5.56 Å². The Kier molecular flexibility index (Phi) is 4.87. The second-order valence-corrected chi connectivity index (χ2v) is 4.92. The molecule has 0 atom stereocenters. The van der Waals surface area contributed by atoms with Gasteiger partial charge in [-0.1, -0.05) is 64.5 Å². The molecule has 0 bridgehead atoms. The fourth-order valence-corrected chi connectivity index (χ4v) is 1.85. The lowest BCUT2D eigenvalue weighted by Crippen LogP contribution is -1.92. The molecule has 2 aromatic rings. The minimum atomic E-state index is 0.00483. The molecular weight excluding hydrogens is 300 g/mol. The molecule has 0 saturated carbocycles. The van der Waals surface area contributed by atoms with Crippen molar-refractivity contribution in [3.8, 4) is 0 Å². The molecule has 0 aliphatic heterocycles. The highest BCUT2D eigenvalue weighted by Crippen LogP contribution is 2.11. The first kappa shape index (κ1) is 13.5. The van der Waals surface area contributed by atoms with Crippen LogP contribution in [0.3, 0.4) is 0 Å². The van der Waals surface area contributed by atoms with Crippen LogP contribution in [0.1, 0.15) is 15.9 Å². The van der Waals surface area contributed by atoms with Gasteiger partial charge in [-0.05, 0) is 35.9 Å². The van der Waals surface area contributed by atoms with Gasteiger partial charge in [0.15, 0.2) is 5.78 Å². The summed E-state index contributed by atoms with van der Waals surface area (Å²) in [4.78, 5) is 11.8. The predicted molar refractivity (Wildman–Crippen MR) is 83.1 cm³/mol. The zero-order valence-electron chi connectivity index (χ0n) is 10.3. The predicted octanol–water partition coefficient (Wildman–Crippen LogP) is 4.90. The van der Waals surface area contributed by atoms with E-state index < -0.39 is 0 Å². The Balaban J connectivity index is 1.97. The number of ketones is 1. The number of carbonyl (C=O) groups excluding carboxylic acids is 1. The number of allylic oxidation sites excluding steroid dienone is 3. The number of carbonyl (C=O) groups is 1. The van der Waals surface area contributed by atoms with Crippen molar-refractivity contribution in [1.82, 2.24) is 0 Å². The van der Waals surface area contributed by atoms with Gasteiger partial charge in [0.25, 0.3) is 0 Å². The number of hydrogen-bond donors (Lipinski definition) is 0. The van der Waals surface area contributed by atoms with E-state index in [0.717, 1.165) is 10.0 Å². The highest BCUT2D eigenvalue weighted by molar-refractivity contribution is 9.10. The average molecular weight is 313 g/mol. The lowest BCUT2D eigenvalue weighted by atomic mass is 10.1. The summed E-state index contributed by atoms with van der Waals surface area (Å²) in [5.74, 6) is 0.00483. The Labute approximate surface area is 121 Å². The van der Waals surface area contributed by atoms with Crippen molar-refractivity contribution in [3.63, 3.8) is 0 Å². The summed E-state index contributed by atoms with van der Waals surface area (Å²) in [5.41, 5.74) is 1.80. The molecule has 0 saturated heterocycles. The Bertz CT molecular complexity index is 595. The maximum absolute atomic E-state index is 11.8. The molecule has 0 fully saturated rings. The van der Waals surface area contributed by atoms with Crippen molar-refractivity contribution in [2.75, 3.05) is 0 Å². The highest BCUT2D eigenvalue weighted by Gasteiger charge is 1.99. The van der Waals surface area contributed by atoms with Crippen molar-refractivity contribution in [3.05, 3.63) is 88.4 Å². The Morgan fingerprint density at radius 3 is 2.26 bits per heavy atom. The molecule has 0 aliphatic rings. The first-order valence-corrected chi connectivity index (χ1v) is 6.75. The van der Waals surface area contributed by atoms with E-state index in [9.17, 15) is 4.79 Å². The van der Waals surface area contributed by atoms with E-state index in [4.69, 9.17) is 0 Å². The molecule has 0 amide bonds. The Morgan fingerprint density at radius 1 is 0.895 bits per heavy atom. The minimum absolute atomic E-state index is 0.00483. The second-order valence-electron chi connectivity index (χ2n) is 4.00. The summed E-state index contributed by atoms with van der Waals surface area (Å²) in [5, 5.41) is 0. The van der Waals surface area contributed by atoms with Crippen molar-refractivity contribution in [2.24, 2.45) is 0 Å². The van der Waals surface area contributed by atoms with Gasteiger partial charge in [-0.3, -0.25) is 4.79 Å². The molecule has 0 radical (unpaired) electrons. The molecule has 0 N–H and O–H groups in total. The van der Waals surface area contributed by atoms with E-state index in [1.165, 1.54) is 0 Å². The monoisotopic (exact) mass is 312 g/mol. The average Bonchev–Trinajstić information content (AvgIpc) is 2.45. The van der Waals surface area contributed by atoms with Gasteiger partial charge in [-0.15, -0.1) is 0 Å². The third-order valence-electron chi connectivity index (χ3n) is 2.58. The minimum Gasteiger partial charge on any atom is -0.289 e. The third kappa shape index (κ3) is 4.34. The lowest BCUT2D eigenvalue weighted by molar-refractivity contribution is 0.104. The molecule has 2 aromatic carbocycles. The molecule has 19 heavy (non-hydrogen) atoms. The van der Waals surface area contributed by atoms with Crippen LogP contribution in [0, 0.1) is 0 Å². The van der Waals surface area contributed by atoms with Crippen LogP contribution in [0.4, 0.5) is 0 Å². The molecule has 0 heterocycles. The van der Waals surface area contributed by atoms with Gasteiger partial charge in [0, 0.05) is 10.0 Å². The topological polar surface area (TPSA) is 17.1 Å². The van der Waals surface area contributed by atoms with E-state index in [1.54, 1.807) is 24.3 Å². The number of benzene rings is 2. The molecule has 94 valence electrons. The largest absolute Gasteiger partial charge is 0.289 e. The van der Waals surface area contributed by atoms with Crippen molar-refractivity contribution in [2.45, 2.75) is 0 Å². The molecule has 1 nitrogen and oxygen atoms in total. The summed E-state index contributed by atoms with van der Waals surface area (Å²) < 4.78 is 0.969. The van der Waals surface area contributed by atoms with Crippen molar-refractivity contribution >= 4 is 27.8 Å². The number of halogens is 1. The molecule has 0 aliphatic carbocycles. The van der Waals surface area contributed by atoms with Crippen LogP contribution in [0.15, 0.2) is 77.3 Å². The summed E-state index contributed by atoms with van der Waals surface area (Å²) in [7, 11) is 0. The van der Waals surface area contributed by atoms with Gasteiger partial charge in [0.2, 0.25) is 0 Å². The summed E-state index contributed by atoms with van der Waals surface area (Å²) in [6.45, 7) is 0. The third-order valence-corrected chi connectivity index (χ3v) is 3.10.